The van der Waals surface area contributed by atoms with Crippen LogP contribution in [0.3, 0.4) is 0 Å². The zero-order chi connectivity index (χ0) is 17.2. The molecule has 0 fully saturated rings. The fraction of sp³-hybridized carbons (Fsp3) is 0.462. The summed E-state index contributed by atoms with van der Waals surface area (Å²) in [5.74, 6) is -0.510. The van der Waals surface area contributed by atoms with Crippen LogP contribution in [0.15, 0.2) is 6.20 Å². The summed E-state index contributed by atoms with van der Waals surface area (Å²) in [6.45, 7) is 1.72. The van der Waals surface area contributed by atoms with Gasteiger partial charge in [0.15, 0.2) is 5.13 Å². The highest BCUT2D eigenvalue weighted by molar-refractivity contribution is 7.17. The van der Waals surface area contributed by atoms with E-state index in [9.17, 15) is 18.0 Å². The highest BCUT2D eigenvalue weighted by atomic mass is 32.1. The molecule has 0 spiro atoms. The predicted octanol–water partition coefficient (Wildman–Crippen LogP) is 2.86. The van der Waals surface area contributed by atoms with Crippen molar-refractivity contribution in [3.05, 3.63) is 28.0 Å². The number of aryl methyl sites for hydroxylation is 2. The first-order chi connectivity index (χ1) is 10.8. The number of ether oxygens (including phenoxy) is 1. The molecule has 2 heterocycles. The van der Waals surface area contributed by atoms with E-state index in [0.29, 0.717) is 22.1 Å². The molecule has 2 aromatic rings. The molecular weight excluding hydrogens is 333 g/mol. The lowest BCUT2D eigenvalue weighted by Gasteiger charge is -2.09. The Morgan fingerprint density at radius 2 is 2.17 bits per heavy atom. The van der Waals surface area contributed by atoms with Crippen LogP contribution in [-0.2, 0) is 30.9 Å². The summed E-state index contributed by atoms with van der Waals surface area (Å²) in [5.41, 5.74) is -0.260. The number of methoxy groups -OCH3 is 1. The number of nitrogens with one attached hydrogen (secondary N) is 1. The highest BCUT2D eigenvalue weighted by Crippen LogP contribution is 2.32. The summed E-state index contributed by atoms with van der Waals surface area (Å²) in [6.07, 6.45) is -3.17. The van der Waals surface area contributed by atoms with E-state index in [2.05, 4.69) is 20.1 Å². The molecular formula is C13H15F3N4O2S. The lowest BCUT2D eigenvalue weighted by molar-refractivity contribution is -0.138. The van der Waals surface area contributed by atoms with Gasteiger partial charge in [-0.15, -0.1) is 0 Å². The van der Waals surface area contributed by atoms with E-state index in [4.69, 9.17) is 0 Å². The molecule has 0 saturated heterocycles. The van der Waals surface area contributed by atoms with E-state index >= 15 is 0 Å². The minimum atomic E-state index is -4.47. The van der Waals surface area contributed by atoms with Gasteiger partial charge in [0.2, 0.25) is 0 Å². The van der Waals surface area contributed by atoms with Gasteiger partial charge >= 0.3 is 12.1 Å². The number of halogens is 3. The van der Waals surface area contributed by atoms with Crippen molar-refractivity contribution in [2.24, 2.45) is 7.05 Å². The molecule has 0 saturated carbocycles. The van der Waals surface area contributed by atoms with Gasteiger partial charge in [0.25, 0.3) is 0 Å². The summed E-state index contributed by atoms with van der Waals surface area (Å²) >= 11 is 1.05. The van der Waals surface area contributed by atoms with Gasteiger partial charge in [-0.2, -0.15) is 18.3 Å². The monoisotopic (exact) mass is 348 g/mol. The number of hydrogen-bond donors (Lipinski definition) is 1. The SMILES string of the molecule is CCc1nc(NCc2c(C(F)(F)F)cnn2C)sc1C(=O)OC. The largest absolute Gasteiger partial charge is 0.465 e. The molecule has 0 aliphatic carbocycles. The normalized spacial score (nSPS) is 11.6. The number of esters is 1. The van der Waals surface area contributed by atoms with Gasteiger partial charge in [0.05, 0.1) is 36.8 Å². The van der Waals surface area contributed by atoms with Crippen LogP contribution < -0.4 is 5.32 Å². The van der Waals surface area contributed by atoms with Crippen LogP contribution in [0, 0.1) is 0 Å². The Kier molecular flexibility index (Phi) is 4.93. The Hall–Kier alpha value is -2.10. The van der Waals surface area contributed by atoms with E-state index < -0.39 is 17.7 Å². The van der Waals surface area contributed by atoms with Gasteiger partial charge in [0, 0.05) is 7.05 Å². The number of rotatable bonds is 5. The molecule has 6 nitrogen and oxygen atoms in total. The molecule has 0 aliphatic heterocycles. The zero-order valence-electron chi connectivity index (χ0n) is 12.7. The zero-order valence-corrected chi connectivity index (χ0v) is 13.5. The standard InChI is InChI=1S/C13H15F3N4O2S/c1-4-8-10(11(21)22-3)23-12(19-8)17-6-9-7(13(14,15)16)5-18-20(9)2/h5H,4,6H2,1-3H3,(H,17,19). The maximum Gasteiger partial charge on any atom is 0.419 e. The fourth-order valence-corrected chi connectivity index (χ4v) is 2.96. The summed E-state index contributed by atoms with van der Waals surface area (Å²) in [5, 5.41) is 6.81. The Balaban J connectivity index is 2.21. The van der Waals surface area contributed by atoms with Crippen LogP contribution >= 0.6 is 11.3 Å². The van der Waals surface area contributed by atoms with Gasteiger partial charge in [-0.05, 0) is 6.42 Å². The quantitative estimate of drug-likeness (QED) is 0.842. The molecule has 0 aromatic carbocycles. The smallest absolute Gasteiger partial charge is 0.419 e. The Morgan fingerprint density at radius 1 is 1.48 bits per heavy atom. The highest BCUT2D eigenvalue weighted by Gasteiger charge is 2.35. The van der Waals surface area contributed by atoms with Crippen LogP contribution in [0.4, 0.5) is 18.3 Å². The second-order valence-electron chi connectivity index (χ2n) is 4.62. The third kappa shape index (κ3) is 3.63. The molecule has 10 heteroatoms. The third-order valence-corrected chi connectivity index (χ3v) is 4.21. The Bertz CT molecular complexity index is 709. The Labute approximate surface area is 134 Å². The maximum atomic E-state index is 12.9. The van der Waals surface area contributed by atoms with Crippen molar-refractivity contribution >= 4 is 22.4 Å². The molecule has 23 heavy (non-hydrogen) atoms. The number of hydrogen-bond acceptors (Lipinski definition) is 6. The summed E-state index contributed by atoms with van der Waals surface area (Å²) in [4.78, 5) is 16.2. The fourth-order valence-electron chi connectivity index (χ4n) is 1.99. The number of thiazole rings is 1. The average Bonchev–Trinajstić information content (AvgIpc) is 3.07. The van der Waals surface area contributed by atoms with Crippen LogP contribution in [0.5, 0.6) is 0 Å². The number of carbonyl (C=O) groups excluding carboxylic acids is 1. The van der Waals surface area contributed by atoms with Gasteiger partial charge < -0.3 is 10.1 Å². The van der Waals surface area contributed by atoms with Gasteiger partial charge in [-0.3, -0.25) is 4.68 Å². The minimum Gasteiger partial charge on any atom is -0.465 e. The van der Waals surface area contributed by atoms with E-state index in [1.54, 1.807) is 0 Å². The summed E-state index contributed by atoms with van der Waals surface area (Å²) < 4.78 is 44.5. The van der Waals surface area contributed by atoms with Crippen molar-refractivity contribution in [2.45, 2.75) is 26.1 Å². The molecule has 0 amide bonds. The van der Waals surface area contributed by atoms with E-state index in [0.717, 1.165) is 22.2 Å². The first kappa shape index (κ1) is 17.3. The lowest BCUT2D eigenvalue weighted by Crippen LogP contribution is -2.13. The van der Waals surface area contributed by atoms with Gasteiger partial charge in [-0.1, -0.05) is 18.3 Å². The average molecular weight is 348 g/mol. The van der Waals surface area contributed by atoms with E-state index in [1.807, 2.05) is 6.92 Å². The summed E-state index contributed by atoms with van der Waals surface area (Å²) in [7, 11) is 2.70. The molecule has 0 bridgehead atoms. The number of alkyl halides is 3. The molecule has 0 aliphatic rings. The number of anilines is 1. The van der Waals surface area contributed by atoms with E-state index in [1.165, 1.54) is 14.2 Å². The van der Waals surface area contributed by atoms with Crippen LogP contribution in [0.1, 0.15) is 33.5 Å². The maximum absolute atomic E-state index is 12.9. The Morgan fingerprint density at radius 3 is 2.74 bits per heavy atom. The van der Waals surface area contributed by atoms with Crippen LogP contribution in [0.25, 0.3) is 0 Å². The number of carbonyl (C=O) groups is 1. The third-order valence-electron chi connectivity index (χ3n) is 3.18. The lowest BCUT2D eigenvalue weighted by atomic mass is 10.2. The van der Waals surface area contributed by atoms with Gasteiger partial charge in [-0.25, -0.2) is 9.78 Å². The molecule has 126 valence electrons. The van der Waals surface area contributed by atoms with Crippen molar-refractivity contribution in [3.8, 4) is 0 Å². The number of nitrogens with zero attached hydrogens (tertiary/aromatic N) is 3. The van der Waals surface area contributed by atoms with Crippen molar-refractivity contribution in [2.75, 3.05) is 12.4 Å². The molecule has 2 rings (SSSR count). The second kappa shape index (κ2) is 6.57. The summed E-state index contributed by atoms with van der Waals surface area (Å²) in [6, 6.07) is 0. The van der Waals surface area contributed by atoms with Gasteiger partial charge in [0.1, 0.15) is 4.88 Å². The first-order valence-corrected chi connectivity index (χ1v) is 7.49. The number of aromatic nitrogens is 3. The second-order valence-corrected chi connectivity index (χ2v) is 5.62. The minimum absolute atomic E-state index is 0.00892. The molecule has 0 radical (unpaired) electrons. The van der Waals surface area contributed by atoms with Crippen LogP contribution in [-0.4, -0.2) is 27.8 Å². The van der Waals surface area contributed by atoms with Crippen molar-refractivity contribution < 1.29 is 22.7 Å². The molecule has 0 atom stereocenters. The predicted molar refractivity (Wildman–Crippen MR) is 78.4 cm³/mol. The van der Waals surface area contributed by atoms with Crippen molar-refractivity contribution in [3.63, 3.8) is 0 Å². The first-order valence-electron chi connectivity index (χ1n) is 6.67. The van der Waals surface area contributed by atoms with E-state index in [-0.39, 0.29) is 12.2 Å². The molecule has 0 unspecified atom stereocenters. The molecule has 1 N–H and O–H groups in total. The molecule has 2 aromatic heterocycles. The van der Waals surface area contributed by atoms with Crippen molar-refractivity contribution in [1.82, 2.24) is 14.8 Å². The van der Waals surface area contributed by atoms with Crippen molar-refractivity contribution in [1.29, 1.82) is 0 Å². The topological polar surface area (TPSA) is 69.0 Å². The van der Waals surface area contributed by atoms with Crippen LogP contribution in [0.2, 0.25) is 0 Å².